The van der Waals surface area contributed by atoms with E-state index in [1.54, 1.807) is 6.20 Å². The minimum atomic E-state index is -0.803. The maximum absolute atomic E-state index is 11.1. The number of ether oxygens (including phenoxy) is 1. The van der Waals surface area contributed by atoms with Gasteiger partial charge in [0.15, 0.2) is 0 Å². The molecule has 0 radical (unpaired) electrons. The van der Waals surface area contributed by atoms with Crippen molar-refractivity contribution in [1.82, 2.24) is 4.98 Å². The molecule has 1 aromatic rings. The monoisotopic (exact) mass is 449 g/mol. The van der Waals surface area contributed by atoms with Crippen LogP contribution in [0.1, 0.15) is 38.7 Å². The second kappa shape index (κ2) is 7.40. The van der Waals surface area contributed by atoms with Gasteiger partial charge in [0.2, 0.25) is 0 Å². The molecule has 24 heavy (non-hydrogen) atoms. The standard InChI is InChI=1S/C16H24IN3O4/c1-9(16(2,3)24-15(18)23)12-6-19-14(5-13(12)17)20-7-11(22)4-10(20)8-21/h5-6,9-11,21-22H,4,7-8H2,1-3H3,(H2,18,23)/t9?,10-,11+/m0/s1. The van der Waals surface area contributed by atoms with Crippen molar-refractivity contribution < 1.29 is 19.7 Å². The minimum absolute atomic E-state index is 0.0209. The maximum Gasteiger partial charge on any atom is 0.405 e. The SMILES string of the molecule is CC(c1cnc(N2C[C@H](O)C[C@H]2CO)cc1I)C(C)(C)OC(N)=O. The van der Waals surface area contributed by atoms with Crippen LogP contribution in [0.5, 0.6) is 0 Å². The predicted molar refractivity (Wildman–Crippen MR) is 99.0 cm³/mol. The largest absolute Gasteiger partial charge is 0.443 e. The zero-order chi connectivity index (χ0) is 18.1. The van der Waals surface area contributed by atoms with E-state index in [1.165, 1.54) is 0 Å². The summed E-state index contributed by atoms with van der Waals surface area (Å²) in [7, 11) is 0. The number of aliphatic hydroxyl groups is 2. The van der Waals surface area contributed by atoms with Gasteiger partial charge in [0.05, 0.1) is 18.8 Å². The number of aliphatic hydroxyl groups excluding tert-OH is 2. The van der Waals surface area contributed by atoms with Crippen LogP contribution in [0, 0.1) is 3.57 Å². The lowest BCUT2D eigenvalue weighted by atomic mass is 9.87. The highest BCUT2D eigenvalue weighted by Gasteiger charge is 2.34. The highest BCUT2D eigenvalue weighted by Crippen LogP contribution is 2.35. The molecule has 1 aliphatic rings. The van der Waals surface area contributed by atoms with Crippen molar-refractivity contribution >= 4 is 34.5 Å². The van der Waals surface area contributed by atoms with Crippen LogP contribution in [0.25, 0.3) is 0 Å². The van der Waals surface area contributed by atoms with Crippen molar-refractivity contribution in [1.29, 1.82) is 0 Å². The molecule has 1 fully saturated rings. The van der Waals surface area contributed by atoms with Gasteiger partial charge in [0.25, 0.3) is 0 Å². The van der Waals surface area contributed by atoms with Crippen molar-refractivity contribution in [2.24, 2.45) is 5.73 Å². The lowest BCUT2D eigenvalue weighted by Gasteiger charge is -2.32. The van der Waals surface area contributed by atoms with Crippen LogP contribution in [0.15, 0.2) is 12.3 Å². The fourth-order valence-corrected chi connectivity index (χ4v) is 3.86. The molecule has 2 heterocycles. The summed E-state index contributed by atoms with van der Waals surface area (Å²) in [5.74, 6) is 0.621. The van der Waals surface area contributed by atoms with Crippen molar-refractivity contribution in [3.05, 3.63) is 21.4 Å². The summed E-state index contributed by atoms with van der Waals surface area (Å²) >= 11 is 2.22. The van der Waals surface area contributed by atoms with E-state index in [9.17, 15) is 15.0 Å². The molecule has 0 spiro atoms. The van der Waals surface area contributed by atoms with Gasteiger partial charge in [-0.1, -0.05) is 6.92 Å². The molecule has 1 amide bonds. The van der Waals surface area contributed by atoms with Gasteiger partial charge in [-0.05, 0) is 54.5 Å². The Hall–Kier alpha value is -1.13. The van der Waals surface area contributed by atoms with Crippen LogP contribution in [0.4, 0.5) is 10.6 Å². The molecule has 0 bridgehead atoms. The molecule has 3 atom stereocenters. The number of carbonyl (C=O) groups excluding carboxylic acids is 1. The second-order valence-electron chi connectivity index (χ2n) is 6.69. The predicted octanol–water partition coefficient (Wildman–Crippen LogP) is 1.60. The molecule has 4 N–H and O–H groups in total. The Morgan fingerprint density at radius 1 is 1.62 bits per heavy atom. The number of rotatable bonds is 5. The lowest BCUT2D eigenvalue weighted by molar-refractivity contribution is 0.0279. The summed E-state index contributed by atoms with van der Waals surface area (Å²) in [6.45, 7) is 6.01. The van der Waals surface area contributed by atoms with Gasteiger partial charge in [-0.2, -0.15) is 0 Å². The first kappa shape index (κ1) is 19.2. The highest BCUT2D eigenvalue weighted by atomic mass is 127. The molecule has 8 heteroatoms. The van der Waals surface area contributed by atoms with E-state index in [-0.39, 0.29) is 18.6 Å². The van der Waals surface area contributed by atoms with Crippen molar-refractivity contribution in [3.63, 3.8) is 0 Å². The number of nitrogens with two attached hydrogens (primary N) is 1. The van der Waals surface area contributed by atoms with E-state index >= 15 is 0 Å². The third-order valence-electron chi connectivity index (χ3n) is 4.64. The van der Waals surface area contributed by atoms with Gasteiger partial charge in [-0.3, -0.25) is 0 Å². The number of hydrogen-bond donors (Lipinski definition) is 3. The van der Waals surface area contributed by atoms with Crippen molar-refractivity contribution in [3.8, 4) is 0 Å². The molecule has 1 aromatic heterocycles. The summed E-state index contributed by atoms with van der Waals surface area (Å²) in [5, 5.41) is 19.3. The molecule has 1 saturated heterocycles. The summed E-state index contributed by atoms with van der Waals surface area (Å²) in [6, 6.07) is 1.80. The lowest BCUT2D eigenvalue weighted by Crippen LogP contribution is -2.36. The van der Waals surface area contributed by atoms with E-state index in [0.29, 0.717) is 13.0 Å². The topological polar surface area (TPSA) is 109 Å². The molecule has 0 saturated carbocycles. The van der Waals surface area contributed by atoms with Gasteiger partial charge in [-0.25, -0.2) is 9.78 Å². The number of carbonyl (C=O) groups is 1. The fourth-order valence-electron chi connectivity index (χ4n) is 2.97. The maximum atomic E-state index is 11.1. The third-order valence-corrected chi connectivity index (χ3v) is 5.57. The van der Waals surface area contributed by atoms with Crippen LogP contribution < -0.4 is 10.6 Å². The summed E-state index contributed by atoms with van der Waals surface area (Å²) in [5.41, 5.74) is 5.34. The van der Waals surface area contributed by atoms with Crippen LogP contribution in [-0.2, 0) is 4.74 Å². The van der Waals surface area contributed by atoms with Crippen LogP contribution >= 0.6 is 22.6 Å². The number of hydrogen-bond acceptors (Lipinski definition) is 6. The quantitative estimate of drug-likeness (QED) is 0.590. The Morgan fingerprint density at radius 2 is 2.29 bits per heavy atom. The molecular formula is C16H24IN3O4. The number of nitrogens with zero attached hydrogens (tertiary/aromatic N) is 2. The van der Waals surface area contributed by atoms with Gasteiger partial charge in [0, 0.05) is 22.2 Å². The number of halogens is 1. The smallest absolute Gasteiger partial charge is 0.405 e. The Bertz CT molecular complexity index is 611. The second-order valence-corrected chi connectivity index (χ2v) is 7.85. The van der Waals surface area contributed by atoms with E-state index in [0.717, 1.165) is 15.0 Å². The molecule has 2 rings (SSSR count). The molecule has 0 aliphatic carbocycles. The Labute approximate surface area is 155 Å². The Morgan fingerprint density at radius 3 is 2.83 bits per heavy atom. The molecular weight excluding hydrogens is 425 g/mol. The average molecular weight is 449 g/mol. The van der Waals surface area contributed by atoms with E-state index in [4.69, 9.17) is 10.5 Å². The average Bonchev–Trinajstić information content (AvgIpc) is 2.86. The van der Waals surface area contributed by atoms with Gasteiger partial charge < -0.3 is 25.6 Å². The number of amides is 1. The molecule has 134 valence electrons. The Kier molecular flexibility index (Phi) is 5.92. The van der Waals surface area contributed by atoms with Crippen molar-refractivity contribution in [2.45, 2.75) is 50.9 Å². The molecule has 1 unspecified atom stereocenters. The number of primary amides is 1. The first-order chi connectivity index (χ1) is 11.2. The summed E-state index contributed by atoms with van der Waals surface area (Å²) in [4.78, 5) is 17.5. The molecule has 1 aliphatic heterocycles. The van der Waals surface area contributed by atoms with Crippen LogP contribution in [0.2, 0.25) is 0 Å². The zero-order valence-electron chi connectivity index (χ0n) is 14.1. The first-order valence-electron chi connectivity index (χ1n) is 7.85. The number of aromatic nitrogens is 1. The molecule has 0 aromatic carbocycles. The van der Waals surface area contributed by atoms with E-state index < -0.39 is 17.8 Å². The summed E-state index contributed by atoms with van der Waals surface area (Å²) in [6.07, 6.45) is 1.03. The number of pyridine rings is 1. The number of β-amino-alcohol motifs (C(OH)–C–C–N with tert-alkyl or cyclic N) is 1. The van der Waals surface area contributed by atoms with E-state index in [1.807, 2.05) is 31.7 Å². The van der Waals surface area contributed by atoms with E-state index in [2.05, 4.69) is 27.6 Å². The number of anilines is 1. The third kappa shape index (κ3) is 4.09. The van der Waals surface area contributed by atoms with Crippen LogP contribution in [0.3, 0.4) is 0 Å². The highest BCUT2D eigenvalue weighted by molar-refractivity contribution is 14.1. The van der Waals surface area contributed by atoms with Crippen molar-refractivity contribution in [2.75, 3.05) is 18.1 Å². The van der Waals surface area contributed by atoms with Gasteiger partial charge in [-0.15, -0.1) is 0 Å². The van der Waals surface area contributed by atoms with Gasteiger partial charge >= 0.3 is 6.09 Å². The minimum Gasteiger partial charge on any atom is -0.443 e. The van der Waals surface area contributed by atoms with Crippen LogP contribution in [-0.4, -0.2) is 52.2 Å². The Balaban J connectivity index is 2.25. The normalized spacial score (nSPS) is 22.5. The fraction of sp³-hybridized carbons (Fsp3) is 0.625. The first-order valence-corrected chi connectivity index (χ1v) is 8.93. The zero-order valence-corrected chi connectivity index (χ0v) is 16.2. The molecule has 7 nitrogen and oxygen atoms in total. The van der Waals surface area contributed by atoms with Gasteiger partial charge in [0.1, 0.15) is 11.4 Å². The summed E-state index contributed by atoms with van der Waals surface area (Å²) < 4.78 is 6.19.